The Labute approximate surface area is 140 Å². The number of anilines is 1. The summed E-state index contributed by atoms with van der Waals surface area (Å²) in [6.07, 6.45) is 1.46. The van der Waals surface area contributed by atoms with Crippen LogP contribution in [0.25, 0.3) is 0 Å². The first kappa shape index (κ1) is 15.8. The minimum absolute atomic E-state index is 0.0441. The number of hydrogen-bond donors (Lipinski definition) is 1. The number of ether oxygens (including phenoxy) is 1. The minimum Gasteiger partial charge on any atom is -0.367 e. The van der Waals surface area contributed by atoms with Crippen LogP contribution < -0.4 is 10.6 Å². The maximum atomic E-state index is 11.2. The van der Waals surface area contributed by atoms with E-state index in [2.05, 4.69) is 9.88 Å². The van der Waals surface area contributed by atoms with Crippen molar-refractivity contribution in [3.05, 3.63) is 58.7 Å². The highest BCUT2D eigenvalue weighted by Gasteiger charge is 2.28. The normalized spacial score (nSPS) is 21.2. The number of morpholine rings is 1. The second-order valence-corrected chi connectivity index (χ2v) is 6.05. The lowest BCUT2D eigenvalue weighted by Crippen LogP contribution is -2.43. The van der Waals surface area contributed by atoms with Crippen LogP contribution in [0.2, 0.25) is 5.02 Å². The Bertz CT molecular complexity index is 708. The van der Waals surface area contributed by atoms with Gasteiger partial charge in [-0.05, 0) is 18.6 Å². The molecule has 1 aromatic carbocycles. The first-order valence-corrected chi connectivity index (χ1v) is 7.83. The number of carbonyl (C=O) groups excluding carboxylic acids is 1. The van der Waals surface area contributed by atoms with E-state index in [0.717, 1.165) is 5.56 Å². The van der Waals surface area contributed by atoms with Crippen LogP contribution in [0.3, 0.4) is 0 Å². The van der Waals surface area contributed by atoms with Crippen LogP contribution in [-0.4, -0.2) is 30.1 Å². The lowest BCUT2D eigenvalue weighted by molar-refractivity contribution is -0.0176. The molecular weight excluding hydrogens is 314 g/mol. The van der Waals surface area contributed by atoms with E-state index in [4.69, 9.17) is 22.1 Å². The molecule has 2 N–H and O–H groups in total. The number of amides is 1. The van der Waals surface area contributed by atoms with E-state index in [1.807, 2.05) is 37.3 Å². The number of primary amides is 1. The van der Waals surface area contributed by atoms with E-state index in [1.54, 1.807) is 6.07 Å². The topological polar surface area (TPSA) is 68.5 Å². The van der Waals surface area contributed by atoms with Crippen LogP contribution in [0.4, 0.5) is 5.82 Å². The Morgan fingerprint density at radius 2 is 2.09 bits per heavy atom. The molecule has 3 rings (SSSR count). The van der Waals surface area contributed by atoms with Gasteiger partial charge in [0.15, 0.2) is 0 Å². The van der Waals surface area contributed by atoms with E-state index in [9.17, 15) is 4.79 Å². The summed E-state index contributed by atoms with van der Waals surface area (Å²) >= 11 is 6.30. The van der Waals surface area contributed by atoms with Gasteiger partial charge in [-0.3, -0.25) is 4.79 Å². The molecule has 0 unspecified atom stereocenters. The van der Waals surface area contributed by atoms with Crippen molar-refractivity contribution in [2.45, 2.75) is 19.1 Å². The molecule has 0 spiro atoms. The van der Waals surface area contributed by atoms with Crippen molar-refractivity contribution >= 4 is 23.3 Å². The van der Waals surface area contributed by atoms with E-state index in [1.165, 1.54) is 6.20 Å². The van der Waals surface area contributed by atoms with Gasteiger partial charge in [-0.25, -0.2) is 4.98 Å². The summed E-state index contributed by atoms with van der Waals surface area (Å²) in [5, 5.41) is 0.419. The highest BCUT2D eigenvalue weighted by Crippen LogP contribution is 2.31. The number of halogens is 1. The molecule has 1 fully saturated rings. The number of rotatable bonds is 3. The van der Waals surface area contributed by atoms with Crippen molar-refractivity contribution in [1.29, 1.82) is 0 Å². The SMILES string of the molecule is C[C@@H]1CN(c2ncc(C(N)=O)cc2Cl)C[C@@H](c2ccccc2)O1. The summed E-state index contributed by atoms with van der Waals surface area (Å²) in [7, 11) is 0. The average Bonchev–Trinajstić information content (AvgIpc) is 2.55. The Morgan fingerprint density at radius 3 is 2.74 bits per heavy atom. The Hall–Kier alpha value is -2.11. The molecule has 0 radical (unpaired) electrons. The molecule has 0 aliphatic carbocycles. The molecule has 2 heterocycles. The van der Waals surface area contributed by atoms with Gasteiger partial charge in [0.25, 0.3) is 0 Å². The number of benzene rings is 1. The van der Waals surface area contributed by atoms with Crippen molar-refractivity contribution in [2.75, 3.05) is 18.0 Å². The standard InChI is InChI=1S/C17H18ClN3O2/c1-11-9-21(10-15(23-11)12-5-3-2-4-6-12)17-14(18)7-13(8-20-17)16(19)22/h2-8,11,15H,9-10H2,1H3,(H2,19,22)/t11-,15+/m1/s1. The summed E-state index contributed by atoms with van der Waals surface area (Å²) in [5.41, 5.74) is 6.68. The third kappa shape index (κ3) is 3.46. The van der Waals surface area contributed by atoms with Crippen molar-refractivity contribution in [3.63, 3.8) is 0 Å². The molecule has 0 bridgehead atoms. The van der Waals surface area contributed by atoms with Crippen molar-refractivity contribution < 1.29 is 9.53 Å². The zero-order chi connectivity index (χ0) is 16.4. The van der Waals surface area contributed by atoms with Gasteiger partial charge < -0.3 is 15.4 Å². The van der Waals surface area contributed by atoms with Crippen molar-refractivity contribution in [1.82, 2.24) is 4.98 Å². The summed E-state index contributed by atoms with van der Waals surface area (Å²) in [6.45, 7) is 3.36. The molecule has 23 heavy (non-hydrogen) atoms. The highest BCUT2D eigenvalue weighted by molar-refractivity contribution is 6.33. The molecule has 6 heteroatoms. The summed E-state index contributed by atoms with van der Waals surface area (Å²) in [5.74, 6) is 0.108. The first-order valence-electron chi connectivity index (χ1n) is 7.45. The van der Waals surface area contributed by atoms with Gasteiger partial charge in [0.05, 0.1) is 16.7 Å². The minimum atomic E-state index is -0.538. The fourth-order valence-corrected chi connectivity index (χ4v) is 3.06. The number of hydrogen-bond acceptors (Lipinski definition) is 4. The lowest BCUT2D eigenvalue weighted by atomic mass is 10.1. The second kappa shape index (κ2) is 6.56. The van der Waals surface area contributed by atoms with Gasteiger partial charge in [-0.15, -0.1) is 0 Å². The molecule has 2 aromatic rings. The van der Waals surface area contributed by atoms with E-state index in [-0.39, 0.29) is 12.2 Å². The lowest BCUT2D eigenvalue weighted by Gasteiger charge is -2.38. The maximum Gasteiger partial charge on any atom is 0.250 e. The molecular formula is C17H18ClN3O2. The van der Waals surface area contributed by atoms with E-state index in [0.29, 0.717) is 29.5 Å². The summed E-state index contributed by atoms with van der Waals surface area (Å²) in [6, 6.07) is 11.6. The number of aromatic nitrogens is 1. The highest BCUT2D eigenvalue weighted by atomic mass is 35.5. The summed E-state index contributed by atoms with van der Waals surface area (Å²) < 4.78 is 6.04. The molecule has 1 amide bonds. The molecule has 1 aliphatic rings. The predicted molar refractivity (Wildman–Crippen MR) is 89.7 cm³/mol. The zero-order valence-electron chi connectivity index (χ0n) is 12.8. The van der Waals surface area contributed by atoms with Crippen LogP contribution in [0.15, 0.2) is 42.6 Å². The smallest absolute Gasteiger partial charge is 0.250 e. The quantitative estimate of drug-likeness (QED) is 0.939. The number of nitrogens with zero attached hydrogens (tertiary/aromatic N) is 2. The fourth-order valence-electron chi connectivity index (χ4n) is 2.77. The molecule has 0 saturated carbocycles. The third-order valence-electron chi connectivity index (χ3n) is 3.84. The van der Waals surface area contributed by atoms with Gasteiger partial charge in [-0.2, -0.15) is 0 Å². The second-order valence-electron chi connectivity index (χ2n) is 5.64. The van der Waals surface area contributed by atoms with Crippen LogP contribution >= 0.6 is 11.6 Å². The number of pyridine rings is 1. The molecule has 1 aliphatic heterocycles. The van der Waals surface area contributed by atoms with Gasteiger partial charge >= 0.3 is 0 Å². The van der Waals surface area contributed by atoms with Gasteiger partial charge in [-0.1, -0.05) is 41.9 Å². The molecule has 5 nitrogen and oxygen atoms in total. The fraction of sp³-hybridized carbons (Fsp3) is 0.294. The van der Waals surface area contributed by atoms with Crippen LogP contribution in [0.5, 0.6) is 0 Å². The maximum absolute atomic E-state index is 11.2. The van der Waals surface area contributed by atoms with Gasteiger partial charge in [0.2, 0.25) is 5.91 Å². The van der Waals surface area contributed by atoms with Crippen molar-refractivity contribution in [2.24, 2.45) is 5.73 Å². The van der Waals surface area contributed by atoms with Crippen LogP contribution in [0, 0.1) is 0 Å². The largest absolute Gasteiger partial charge is 0.367 e. The van der Waals surface area contributed by atoms with Gasteiger partial charge in [0, 0.05) is 19.3 Å². The predicted octanol–water partition coefficient (Wildman–Crippen LogP) is 2.80. The average molecular weight is 332 g/mol. The molecule has 2 atom stereocenters. The number of nitrogens with two attached hydrogens (primary N) is 1. The monoisotopic (exact) mass is 331 g/mol. The van der Waals surface area contributed by atoms with Crippen molar-refractivity contribution in [3.8, 4) is 0 Å². The Morgan fingerprint density at radius 1 is 1.35 bits per heavy atom. The van der Waals surface area contributed by atoms with Crippen LogP contribution in [0.1, 0.15) is 28.9 Å². The Balaban J connectivity index is 1.86. The van der Waals surface area contributed by atoms with E-state index < -0.39 is 5.91 Å². The summed E-state index contributed by atoms with van der Waals surface area (Å²) in [4.78, 5) is 17.6. The zero-order valence-corrected chi connectivity index (χ0v) is 13.5. The number of carbonyl (C=O) groups is 1. The van der Waals surface area contributed by atoms with E-state index >= 15 is 0 Å². The van der Waals surface area contributed by atoms with Gasteiger partial charge in [0.1, 0.15) is 11.9 Å². The third-order valence-corrected chi connectivity index (χ3v) is 4.12. The Kier molecular flexibility index (Phi) is 4.50. The first-order chi connectivity index (χ1) is 11.0. The molecule has 120 valence electrons. The van der Waals surface area contributed by atoms with Crippen LogP contribution in [-0.2, 0) is 4.74 Å². The molecule has 1 saturated heterocycles. The molecule has 1 aromatic heterocycles.